The van der Waals surface area contributed by atoms with E-state index in [1.54, 1.807) is 12.1 Å². The first kappa shape index (κ1) is 13.2. The van der Waals surface area contributed by atoms with Gasteiger partial charge in [0, 0.05) is 24.2 Å². The molecule has 0 amide bonds. The number of rotatable bonds is 2. The number of halogens is 1. The molecule has 2 saturated heterocycles. The predicted molar refractivity (Wildman–Crippen MR) is 65.7 cm³/mol. The van der Waals surface area contributed by atoms with Gasteiger partial charge in [-0.3, -0.25) is 10.1 Å². The highest BCUT2D eigenvalue weighted by Gasteiger charge is 2.46. The molecule has 1 N–H and O–H groups in total. The number of non-ortho nitro benzene ring substituents is 1. The van der Waals surface area contributed by atoms with E-state index in [0.717, 1.165) is 12.1 Å². The van der Waals surface area contributed by atoms with Gasteiger partial charge in [0.25, 0.3) is 5.69 Å². The molecule has 2 aliphatic heterocycles. The number of morpholine rings is 1. The number of hydrogen-bond acceptors (Lipinski definition) is 5. The van der Waals surface area contributed by atoms with E-state index in [2.05, 4.69) is 5.32 Å². The van der Waals surface area contributed by atoms with Crippen LogP contribution in [0, 0.1) is 10.1 Å². The quantitative estimate of drug-likeness (QED) is 0.647. The second kappa shape index (κ2) is 4.81. The summed E-state index contributed by atoms with van der Waals surface area (Å²) in [6, 6.07) is 6.32. The SMILES string of the molecule is Cl.O=[N+]([O-])c1ccc(C23CNCC(CO2)O3)cc1. The highest BCUT2D eigenvalue weighted by Crippen LogP contribution is 2.36. The Morgan fingerprint density at radius 2 is 2.11 bits per heavy atom. The van der Waals surface area contributed by atoms with Crippen LogP contribution >= 0.6 is 12.4 Å². The van der Waals surface area contributed by atoms with Gasteiger partial charge in [-0.25, -0.2) is 0 Å². The van der Waals surface area contributed by atoms with E-state index in [-0.39, 0.29) is 24.2 Å². The normalized spacial score (nSPS) is 29.7. The molecule has 1 aromatic rings. The topological polar surface area (TPSA) is 73.6 Å². The third kappa shape index (κ3) is 2.08. The summed E-state index contributed by atoms with van der Waals surface area (Å²) < 4.78 is 11.5. The zero-order chi connectivity index (χ0) is 11.9. The van der Waals surface area contributed by atoms with Crippen molar-refractivity contribution in [3.8, 4) is 0 Å². The Bertz CT molecular complexity index is 449. The number of nitro groups is 1. The van der Waals surface area contributed by atoms with Crippen molar-refractivity contribution in [2.75, 3.05) is 19.7 Å². The van der Waals surface area contributed by atoms with Gasteiger partial charge in [-0.05, 0) is 12.1 Å². The Hall–Kier alpha value is -1.21. The zero-order valence-electron chi connectivity index (χ0n) is 9.50. The molecule has 2 heterocycles. The summed E-state index contributed by atoms with van der Waals surface area (Å²) in [6.07, 6.45) is 0.0685. The van der Waals surface area contributed by atoms with E-state index in [1.807, 2.05) is 0 Å². The number of benzene rings is 1. The first-order chi connectivity index (χ1) is 8.20. The van der Waals surface area contributed by atoms with Gasteiger partial charge in [0.05, 0.1) is 24.2 Å². The molecular formula is C11H13ClN2O4. The average Bonchev–Trinajstić information content (AvgIpc) is 2.66. The fourth-order valence-electron chi connectivity index (χ4n) is 2.25. The lowest BCUT2D eigenvalue weighted by molar-refractivity contribution is -0.384. The van der Waals surface area contributed by atoms with Gasteiger partial charge in [-0.15, -0.1) is 12.4 Å². The third-order valence-electron chi connectivity index (χ3n) is 3.11. The maximum atomic E-state index is 10.6. The second-order valence-electron chi connectivity index (χ2n) is 4.24. The predicted octanol–water partition coefficient (Wildman–Crippen LogP) is 1.19. The van der Waals surface area contributed by atoms with Crippen molar-refractivity contribution in [2.45, 2.75) is 11.9 Å². The van der Waals surface area contributed by atoms with E-state index in [4.69, 9.17) is 9.47 Å². The van der Waals surface area contributed by atoms with E-state index >= 15 is 0 Å². The molecule has 0 spiro atoms. The van der Waals surface area contributed by atoms with Crippen molar-refractivity contribution in [1.82, 2.24) is 5.32 Å². The maximum absolute atomic E-state index is 10.6. The van der Waals surface area contributed by atoms with Gasteiger partial charge in [0.2, 0.25) is 5.79 Å². The summed E-state index contributed by atoms with van der Waals surface area (Å²) in [7, 11) is 0. The van der Waals surface area contributed by atoms with Crippen LogP contribution in [-0.2, 0) is 15.3 Å². The van der Waals surface area contributed by atoms with Crippen molar-refractivity contribution in [3.05, 3.63) is 39.9 Å². The number of nitrogens with one attached hydrogen (secondary N) is 1. The van der Waals surface area contributed by atoms with E-state index in [9.17, 15) is 10.1 Å². The van der Waals surface area contributed by atoms with Crippen molar-refractivity contribution in [2.24, 2.45) is 0 Å². The van der Waals surface area contributed by atoms with Crippen LogP contribution in [0.25, 0.3) is 0 Å². The molecule has 0 radical (unpaired) electrons. The molecule has 3 rings (SSSR count). The summed E-state index contributed by atoms with van der Waals surface area (Å²) in [4.78, 5) is 10.2. The minimum absolute atomic E-state index is 0. The molecule has 6 nitrogen and oxygen atoms in total. The Labute approximate surface area is 110 Å². The lowest BCUT2D eigenvalue weighted by Crippen LogP contribution is -2.46. The fourth-order valence-corrected chi connectivity index (χ4v) is 2.25. The minimum Gasteiger partial charge on any atom is -0.342 e. The molecule has 0 saturated carbocycles. The van der Waals surface area contributed by atoms with Crippen LogP contribution < -0.4 is 5.32 Å². The maximum Gasteiger partial charge on any atom is 0.269 e. The molecule has 98 valence electrons. The van der Waals surface area contributed by atoms with Crippen molar-refractivity contribution in [1.29, 1.82) is 0 Å². The smallest absolute Gasteiger partial charge is 0.269 e. The van der Waals surface area contributed by atoms with Gasteiger partial charge in [0.1, 0.15) is 0 Å². The second-order valence-corrected chi connectivity index (χ2v) is 4.24. The average molecular weight is 273 g/mol. The first-order valence-corrected chi connectivity index (χ1v) is 5.47. The lowest BCUT2D eigenvalue weighted by Gasteiger charge is -2.32. The van der Waals surface area contributed by atoms with Gasteiger partial charge in [0.15, 0.2) is 0 Å². The molecule has 0 aromatic heterocycles. The third-order valence-corrected chi connectivity index (χ3v) is 3.11. The lowest BCUT2D eigenvalue weighted by atomic mass is 10.0. The summed E-state index contributed by atoms with van der Waals surface area (Å²) in [5.74, 6) is -0.766. The van der Waals surface area contributed by atoms with Crippen molar-refractivity contribution >= 4 is 18.1 Å². The van der Waals surface area contributed by atoms with E-state index in [1.165, 1.54) is 12.1 Å². The van der Waals surface area contributed by atoms with Crippen LogP contribution in [-0.4, -0.2) is 30.7 Å². The Morgan fingerprint density at radius 3 is 2.78 bits per heavy atom. The summed E-state index contributed by atoms with van der Waals surface area (Å²) >= 11 is 0. The summed E-state index contributed by atoms with van der Waals surface area (Å²) in [5, 5.41) is 13.8. The largest absolute Gasteiger partial charge is 0.342 e. The number of ether oxygens (including phenoxy) is 2. The molecule has 2 unspecified atom stereocenters. The van der Waals surface area contributed by atoms with Crippen molar-refractivity contribution in [3.63, 3.8) is 0 Å². The molecular weight excluding hydrogens is 260 g/mol. The Kier molecular flexibility index (Phi) is 3.54. The Balaban J connectivity index is 0.00000120. The monoisotopic (exact) mass is 272 g/mol. The van der Waals surface area contributed by atoms with Crippen LogP contribution in [0.2, 0.25) is 0 Å². The molecule has 2 atom stereocenters. The number of nitrogens with zero attached hydrogens (tertiary/aromatic N) is 1. The van der Waals surface area contributed by atoms with Crippen LogP contribution in [0.15, 0.2) is 24.3 Å². The standard InChI is InChI=1S/C11H12N2O4.ClH/c14-13(15)9-3-1-8(2-4-9)11-7-12-5-10(17-11)6-16-11;/h1-4,10,12H,5-7H2;1H. The molecule has 2 aliphatic rings. The number of fused-ring (bicyclic) bond motifs is 2. The van der Waals surface area contributed by atoms with Gasteiger partial charge >= 0.3 is 0 Å². The van der Waals surface area contributed by atoms with E-state index < -0.39 is 10.7 Å². The van der Waals surface area contributed by atoms with Gasteiger partial charge in [-0.2, -0.15) is 0 Å². The van der Waals surface area contributed by atoms with E-state index in [0.29, 0.717) is 13.2 Å². The molecule has 2 fully saturated rings. The number of nitro benzene ring substituents is 1. The first-order valence-electron chi connectivity index (χ1n) is 5.47. The molecule has 1 aromatic carbocycles. The van der Waals surface area contributed by atoms with Gasteiger partial charge < -0.3 is 14.8 Å². The number of hydrogen-bond donors (Lipinski definition) is 1. The van der Waals surface area contributed by atoms with Crippen LogP contribution in [0.3, 0.4) is 0 Å². The van der Waals surface area contributed by atoms with Crippen LogP contribution in [0.5, 0.6) is 0 Å². The zero-order valence-corrected chi connectivity index (χ0v) is 10.3. The van der Waals surface area contributed by atoms with Crippen molar-refractivity contribution < 1.29 is 14.4 Å². The molecule has 18 heavy (non-hydrogen) atoms. The fraction of sp³-hybridized carbons (Fsp3) is 0.455. The van der Waals surface area contributed by atoms with Crippen LogP contribution in [0.1, 0.15) is 5.56 Å². The van der Waals surface area contributed by atoms with Gasteiger partial charge in [-0.1, -0.05) is 0 Å². The summed E-state index contributed by atoms with van der Waals surface area (Å²) in [6.45, 7) is 1.92. The Morgan fingerprint density at radius 1 is 1.39 bits per heavy atom. The molecule has 7 heteroatoms. The highest BCUT2D eigenvalue weighted by molar-refractivity contribution is 5.85. The molecule has 0 aliphatic carbocycles. The summed E-state index contributed by atoms with van der Waals surface area (Å²) in [5.41, 5.74) is 0.890. The minimum atomic E-state index is -0.766. The van der Waals surface area contributed by atoms with Crippen LogP contribution in [0.4, 0.5) is 5.69 Å². The molecule has 2 bridgehead atoms. The highest BCUT2D eigenvalue weighted by atomic mass is 35.5.